The third-order valence-electron chi connectivity index (χ3n) is 5.28. The fraction of sp³-hybridized carbons (Fsp3) is 0.867. The highest BCUT2D eigenvalue weighted by Gasteiger charge is 2.47. The summed E-state index contributed by atoms with van der Waals surface area (Å²) < 4.78 is 0. The molecule has 112 valence electrons. The molecular weight excluding hydrogens is 254 g/mol. The van der Waals surface area contributed by atoms with Gasteiger partial charge in [0, 0.05) is 12.6 Å². The third kappa shape index (κ3) is 2.12. The van der Waals surface area contributed by atoms with Gasteiger partial charge < -0.3 is 15.1 Å². The Balaban J connectivity index is 1.87. The maximum absolute atomic E-state index is 12.7. The van der Waals surface area contributed by atoms with Crippen molar-refractivity contribution in [1.82, 2.24) is 15.1 Å². The monoisotopic (exact) mass is 279 g/mol. The van der Waals surface area contributed by atoms with Crippen LogP contribution in [0.1, 0.15) is 39.5 Å². The van der Waals surface area contributed by atoms with Crippen LogP contribution >= 0.6 is 0 Å². The second-order valence-electron chi connectivity index (χ2n) is 6.34. The van der Waals surface area contributed by atoms with Crippen LogP contribution in [0.2, 0.25) is 0 Å². The molecule has 0 spiro atoms. The van der Waals surface area contributed by atoms with Crippen molar-refractivity contribution >= 4 is 11.8 Å². The van der Waals surface area contributed by atoms with Crippen LogP contribution in [-0.2, 0) is 9.59 Å². The van der Waals surface area contributed by atoms with Crippen molar-refractivity contribution in [3.63, 3.8) is 0 Å². The minimum absolute atomic E-state index is 0.0374. The highest BCUT2D eigenvalue weighted by atomic mass is 16.2. The van der Waals surface area contributed by atoms with Gasteiger partial charge in [-0.1, -0.05) is 13.8 Å². The van der Waals surface area contributed by atoms with Crippen molar-refractivity contribution in [1.29, 1.82) is 0 Å². The summed E-state index contributed by atoms with van der Waals surface area (Å²) in [5, 5.41) is 2.89. The second-order valence-corrected chi connectivity index (χ2v) is 6.34. The molecule has 0 aromatic carbocycles. The minimum Gasteiger partial charge on any atom is -0.343 e. The van der Waals surface area contributed by atoms with Crippen molar-refractivity contribution in [2.45, 2.75) is 57.7 Å². The van der Waals surface area contributed by atoms with Crippen LogP contribution in [0.5, 0.6) is 0 Å². The van der Waals surface area contributed by atoms with Crippen molar-refractivity contribution in [2.75, 3.05) is 19.6 Å². The fourth-order valence-corrected chi connectivity index (χ4v) is 4.09. The lowest BCUT2D eigenvalue weighted by Crippen LogP contribution is -2.70. The smallest absolute Gasteiger partial charge is 0.246 e. The predicted octanol–water partition coefficient (Wildman–Crippen LogP) is 0.596. The van der Waals surface area contributed by atoms with Gasteiger partial charge in [0.25, 0.3) is 0 Å². The molecule has 4 heterocycles. The summed E-state index contributed by atoms with van der Waals surface area (Å²) in [4.78, 5) is 29.4. The summed E-state index contributed by atoms with van der Waals surface area (Å²) >= 11 is 0. The Morgan fingerprint density at radius 2 is 1.85 bits per heavy atom. The van der Waals surface area contributed by atoms with Crippen LogP contribution < -0.4 is 5.32 Å². The van der Waals surface area contributed by atoms with E-state index in [1.165, 1.54) is 12.8 Å². The number of nitrogens with zero attached hydrogens (tertiary/aromatic N) is 2. The Labute approximate surface area is 120 Å². The lowest BCUT2D eigenvalue weighted by molar-refractivity contribution is -0.157. The summed E-state index contributed by atoms with van der Waals surface area (Å²) in [7, 11) is 0. The van der Waals surface area contributed by atoms with Crippen LogP contribution in [0.4, 0.5) is 0 Å². The molecule has 2 bridgehead atoms. The number of hydrogen-bond acceptors (Lipinski definition) is 3. The molecule has 0 aliphatic carbocycles. The molecule has 4 saturated heterocycles. The summed E-state index contributed by atoms with van der Waals surface area (Å²) in [5.74, 6) is 0.759. The van der Waals surface area contributed by atoms with Gasteiger partial charge in [-0.15, -0.1) is 0 Å². The number of fused-ring (bicyclic) bond motifs is 3. The molecule has 4 rings (SSSR count). The van der Waals surface area contributed by atoms with Gasteiger partial charge in [-0.2, -0.15) is 0 Å². The molecule has 2 amide bonds. The molecule has 3 atom stereocenters. The number of amides is 2. The van der Waals surface area contributed by atoms with Gasteiger partial charge >= 0.3 is 0 Å². The van der Waals surface area contributed by atoms with Gasteiger partial charge in [-0.25, -0.2) is 0 Å². The number of rotatable bonds is 3. The first-order valence-electron chi connectivity index (χ1n) is 8.00. The quantitative estimate of drug-likeness (QED) is 0.823. The highest BCUT2D eigenvalue weighted by Crippen LogP contribution is 2.33. The fourth-order valence-electron chi connectivity index (χ4n) is 4.09. The van der Waals surface area contributed by atoms with Crippen molar-refractivity contribution in [3.8, 4) is 0 Å². The molecule has 4 aliphatic rings. The van der Waals surface area contributed by atoms with Crippen molar-refractivity contribution in [3.05, 3.63) is 0 Å². The Morgan fingerprint density at radius 1 is 1.15 bits per heavy atom. The van der Waals surface area contributed by atoms with E-state index in [1.54, 1.807) is 0 Å². The van der Waals surface area contributed by atoms with E-state index in [0.29, 0.717) is 18.8 Å². The van der Waals surface area contributed by atoms with Gasteiger partial charge in [0.05, 0.1) is 0 Å². The number of hydrogen-bond donors (Lipinski definition) is 1. The Hall–Kier alpha value is -1.10. The zero-order valence-electron chi connectivity index (χ0n) is 12.5. The normalized spacial score (nSPS) is 40.9. The Bertz CT molecular complexity index is 404. The van der Waals surface area contributed by atoms with Crippen LogP contribution in [0.25, 0.3) is 0 Å². The van der Waals surface area contributed by atoms with E-state index in [-0.39, 0.29) is 29.9 Å². The molecular formula is C15H25N3O2. The first-order valence-corrected chi connectivity index (χ1v) is 8.00. The van der Waals surface area contributed by atoms with E-state index in [9.17, 15) is 9.59 Å². The Morgan fingerprint density at radius 3 is 2.35 bits per heavy atom. The first kappa shape index (κ1) is 13.9. The molecule has 1 N–H and O–H groups in total. The zero-order valence-corrected chi connectivity index (χ0v) is 12.5. The molecule has 0 radical (unpaired) electrons. The lowest BCUT2D eigenvalue weighted by Gasteiger charge is -2.52. The van der Waals surface area contributed by atoms with Crippen LogP contribution in [0.15, 0.2) is 0 Å². The first-order chi connectivity index (χ1) is 9.65. The number of nitrogens with one attached hydrogen (secondary N) is 1. The molecule has 5 nitrogen and oxygen atoms in total. The zero-order chi connectivity index (χ0) is 14.3. The summed E-state index contributed by atoms with van der Waals surface area (Å²) in [6, 6.07) is -0.341. The van der Waals surface area contributed by atoms with E-state index in [1.807, 2.05) is 18.7 Å². The number of piperidine rings is 3. The number of carbonyl (C=O) groups is 2. The van der Waals surface area contributed by atoms with Crippen molar-refractivity contribution in [2.24, 2.45) is 5.92 Å². The largest absolute Gasteiger partial charge is 0.343 e. The topological polar surface area (TPSA) is 52.7 Å². The second kappa shape index (κ2) is 5.35. The van der Waals surface area contributed by atoms with Crippen LogP contribution in [0, 0.1) is 5.92 Å². The lowest BCUT2D eigenvalue weighted by atomic mass is 9.81. The predicted molar refractivity (Wildman–Crippen MR) is 76.1 cm³/mol. The highest BCUT2D eigenvalue weighted by molar-refractivity contribution is 5.97. The van der Waals surface area contributed by atoms with Crippen LogP contribution in [-0.4, -0.2) is 59.4 Å². The van der Waals surface area contributed by atoms with Gasteiger partial charge in [0.15, 0.2) is 0 Å². The number of carbonyl (C=O) groups excluding carboxylic acids is 2. The molecule has 3 unspecified atom stereocenters. The number of piperazine rings is 1. The van der Waals surface area contributed by atoms with E-state index in [4.69, 9.17) is 0 Å². The van der Waals surface area contributed by atoms with Gasteiger partial charge in [-0.05, 0) is 44.7 Å². The summed E-state index contributed by atoms with van der Waals surface area (Å²) in [6.07, 6.45) is 3.72. The molecule has 5 heteroatoms. The average molecular weight is 279 g/mol. The van der Waals surface area contributed by atoms with Crippen LogP contribution in [0.3, 0.4) is 0 Å². The molecule has 0 aromatic rings. The standard InChI is InChI=1S/C15H25N3O2/c1-3-11-15(20)18(12(4-2)14(19)16-11)13-9-17-7-5-10(13)6-8-17/h10-13H,3-9H2,1-2H3,(H,16,19). The molecule has 20 heavy (non-hydrogen) atoms. The SMILES string of the molecule is CCC1NC(=O)C(CC)N(C2CN3CCC2CC3)C1=O. The van der Waals surface area contributed by atoms with E-state index in [0.717, 1.165) is 19.6 Å². The van der Waals surface area contributed by atoms with Gasteiger partial charge in [0.1, 0.15) is 12.1 Å². The summed E-state index contributed by atoms with van der Waals surface area (Å²) in [5.41, 5.74) is 0. The molecule has 0 saturated carbocycles. The van der Waals surface area contributed by atoms with E-state index in [2.05, 4.69) is 10.2 Å². The molecule has 0 aromatic heterocycles. The molecule has 4 aliphatic heterocycles. The van der Waals surface area contributed by atoms with E-state index >= 15 is 0 Å². The summed E-state index contributed by atoms with van der Waals surface area (Å²) in [6.45, 7) is 7.23. The van der Waals surface area contributed by atoms with Gasteiger partial charge in [-0.3, -0.25) is 9.59 Å². The van der Waals surface area contributed by atoms with E-state index < -0.39 is 0 Å². The maximum Gasteiger partial charge on any atom is 0.246 e. The maximum atomic E-state index is 12.7. The Kier molecular flexibility index (Phi) is 3.71. The van der Waals surface area contributed by atoms with Crippen molar-refractivity contribution < 1.29 is 9.59 Å². The molecule has 4 fully saturated rings. The minimum atomic E-state index is -0.319. The average Bonchev–Trinajstić information content (AvgIpc) is 2.49. The third-order valence-corrected chi connectivity index (χ3v) is 5.28. The van der Waals surface area contributed by atoms with Gasteiger partial charge in [0.2, 0.25) is 11.8 Å².